The highest BCUT2D eigenvalue weighted by molar-refractivity contribution is 5.78. The Bertz CT molecular complexity index is 166. The molecule has 13 heavy (non-hydrogen) atoms. The van der Waals surface area contributed by atoms with Crippen molar-refractivity contribution in [2.24, 2.45) is 5.92 Å². The number of hydrogen-bond acceptors (Lipinski definition) is 2. The lowest BCUT2D eigenvalue weighted by Gasteiger charge is -2.22. The van der Waals surface area contributed by atoms with E-state index in [0.29, 0.717) is 19.7 Å². The summed E-state index contributed by atoms with van der Waals surface area (Å²) in [6.45, 7) is 9.22. The van der Waals surface area contributed by atoms with Crippen LogP contribution >= 0.6 is 0 Å². The molecule has 0 fully saturated rings. The Labute approximate surface area is 80.4 Å². The molecule has 0 aliphatic heterocycles. The number of nitrogens with zero attached hydrogens (tertiary/aromatic N) is 1. The van der Waals surface area contributed by atoms with Gasteiger partial charge in [-0.2, -0.15) is 0 Å². The van der Waals surface area contributed by atoms with Crippen LogP contribution in [0.15, 0.2) is 12.7 Å². The van der Waals surface area contributed by atoms with Gasteiger partial charge in [-0.3, -0.25) is 4.79 Å². The Balaban J connectivity index is 4.06. The van der Waals surface area contributed by atoms with Crippen molar-refractivity contribution in [1.82, 2.24) is 4.90 Å². The average molecular weight is 185 g/mol. The molecule has 0 atom stereocenters. The highest BCUT2D eigenvalue weighted by Crippen LogP contribution is 2.01. The van der Waals surface area contributed by atoms with Crippen molar-refractivity contribution in [3.05, 3.63) is 12.7 Å². The van der Waals surface area contributed by atoms with Gasteiger partial charge in [0.2, 0.25) is 5.91 Å². The maximum Gasteiger partial charge on any atom is 0.225 e. The molecule has 0 saturated heterocycles. The smallest absolute Gasteiger partial charge is 0.225 e. The fourth-order valence-corrected chi connectivity index (χ4v) is 1.01. The average Bonchev–Trinajstić information content (AvgIpc) is 2.11. The summed E-state index contributed by atoms with van der Waals surface area (Å²) in [5.74, 6) is 0.189. The molecule has 1 amide bonds. The molecule has 0 heterocycles. The van der Waals surface area contributed by atoms with Crippen LogP contribution in [0.3, 0.4) is 0 Å². The van der Waals surface area contributed by atoms with Crippen molar-refractivity contribution < 1.29 is 9.53 Å². The van der Waals surface area contributed by atoms with E-state index in [4.69, 9.17) is 4.74 Å². The van der Waals surface area contributed by atoms with Crippen LogP contribution in [0, 0.1) is 5.92 Å². The SMILES string of the molecule is C=CCN(CCOC)C(=O)C(C)C. The van der Waals surface area contributed by atoms with Crippen LogP contribution < -0.4 is 0 Å². The molecule has 0 aliphatic rings. The molecular formula is C10H19NO2. The molecule has 76 valence electrons. The van der Waals surface area contributed by atoms with Crippen molar-refractivity contribution in [1.29, 1.82) is 0 Å². The molecule has 0 rings (SSSR count). The number of methoxy groups -OCH3 is 1. The third-order valence-electron chi connectivity index (χ3n) is 1.72. The summed E-state index contributed by atoms with van der Waals surface area (Å²) in [6, 6.07) is 0. The molecule has 0 aromatic heterocycles. The molecule has 0 unspecified atom stereocenters. The summed E-state index contributed by atoms with van der Waals surface area (Å²) >= 11 is 0. The van der Waals surface area contributed by atoms with E-state index in [9.17, 15) is 4.79 Å². The quantitative estimate of drug-likeness (QED) is 0.584. The van der Waals surface area contributed by atoms with Crippen LogP contribution in [-0.2, 0) is 9.53 Å². The van der Waals surface area contributed by atoms with E-state index in [2.05, 4.69) is 6.58 Å². The standard InChI is InChI=1S/C10H19NO2/c1-5-6-11(7-8-13-4)10(12)9(2)3/h5,9H,1,6-8H2,2-4H3. The maximum absolute atomic E-state index is 11.6. The van der Waals surface area contributed by atoms with Gasteiger partial charge in [-0.05, 0) is 0 Å². The van der Waals surface area contributed by atoms with E-state index in [1.165, 1.54) is 0 Å². The Morgan fingerprint density at radius 1 is 1.62 bits per heavy atom. The first-order chi connectivity index (χ1) is 6.13. The number of hydrogen-bond donors (Lipinski definition) is 0. The topological polar surface area (TPSA) is 29.5 Å². The number of rotatable bonds is 6. The molecule has 0 aromatic rings. The first-order valence-corrected chi connectivity index (χ1v) is 4.52. The lowest BCUT2D eigenvalue weighted by atomic mass is 10.2. The van der Waals surface area contributed by atoms with Gasteiger partial charge >= 0.3 is 0 Å². The van der Waals surface area contributed by atoms with Crippen LogP contribution in [0.1, 0.15) is 13.8 Å². The van der Waals surface area contributed by atoms with Gasteiger partial charge in [0.15, 0.2) is 0 Å². The zero-order valence-corrected chi connectivity index (χ0v) is 8.75. The zero-order chi connectivity index (χ0) is 10.3. The molecule has 0 N–H and O–H groups in total. The number of carbonyl (C=O) groups excluding carboxylic acids is 1. The molecule has 3 heteroatoms. The largest absolute Gasteiger partial charge is 0.383 e. The molecule has 0 saturated carbocycles. The van der Waals surface area contributed by atoms with Gasteiger partial charge in [-0.1, -0.05) is 19.9 Å². The minimum atomic E-state index is 0.0387. The normalized spacial score (nSPS) is 10.2. The predicted molar refractivity (Wildman–Crippen MR) is 53.5 cm³/mol. The fraction of sp³-hybridized carbons (Fsp3) is 0.700. The zero-order valence-electron chi connectivity index (χ0n) is 8.75. The third kappa shape index (κ3) is 4.68. The van der Waals surface area contributed by atoms with E-state index >= 15 is 0 Å². The van der Waals surface area contributed by atoms with E-state index < -0.39 is 0 Å². The van der Waals surface area contributed by atoms with Gasteiger partial charge < -0.3 is 9.64 Å². The molecule has 0 radical (unpaired) electrons. The molecule has 0 aliphatic carbocycles. The lowest BCUT2D eigenvalue weighted by molar-refractivity contribution is -0.134. The highest BCUT2D eigenvalue weighted by Gasteiger charge is 2.14. The second kappa shape index (κ2) is 6.66. The molecule has 0 bridgehead atoms. The number of ether oxygens (including phenoxy) is 1. The summed E-state index contributed by atoms with van der Waals surface area (Å²) in [7, 11) is 1.63. The van der Waals surface area contributed by atoms with E-state index in [1.807, 2.05) is 13.8 Å². The lowest BCUT2D eigenvalue weighted by Crippen LogP contribution is -2.36. The Hall–Kier alpha value is -0.830. The van der Waals surface area contributed by atoms with Gasteiger partial charge in [-0.25, -0.2) is 0 Å². The van der Waals surface area contributed by atoms with Gasteiger partial charge in [-0.15, -0.1) is 6.58 Å². The van der Waals surface area contributed by atoms with Crippen molar-refractivity contribution >= 4 is 5.91 Å². The first kappa shape index (κ1) is 12.2. The van der Waals surface area contributed by atoms with Gasteiger partial charge in [0.05, 0.1) is 6.61 Å². The fourth-order valence-electron chi connectivity index (χ4n) is 1.01. The maximum atomic E-state index is 11.6. The summed E-state index contributed by atoms with van der Waals surface area (Å²) in [5, 5.41) is 0. The van der Waals surface area contributed by atoms with E-state index in [0.717, 1.165) is 0 Å². The minimum Gasteiger partial charge on any atom is -0.383 e. The Kier molecular flexibility index (Phi) is 6.24. The molecule has 0 aromatic carbocycles. The van der Waals surface area contributed by atoms with Crippen LogP contribution in [-0.4, -0.2) is 37.6 Å². The van der Waals surface area contributed by atoms with Crippen molar-refractivity contribution in [3.8, 4) is 0 Å². The monoisotopic (exact) mass is 185 g/mol. The number of amides is 1. The van der Waals surface area contributed by atoms with Crippen LogP contribution in [0.4, 0.5) is 0 Å². The molecule has 0 spiro atoms. The second-order valence-electron chi connectivity index (χ2n) is 3.22. The summed E-state index contributed by atoms with van der Waals surface area (Å²) in [5.41, 5.74) is 0. The van der Waals surface area contributed by atoms with Crippen molar-refractivity contribution in [2.75, 3.05) is 26.8 Å². The van der Waals surface area contributed by atoms with Crippen molar-refractivity contribution in [2.45, 2.75) is 13.8 Å². The summed E-state index contributed by atoms with van der Waals surface area (Å²) in [6.07, 6.45) is 1.73. The minimum absolute atomic E-state index is 0.0387. The Morgan fingerprint density at radius 3 is 2.62 bits per heavy atom. The van der Waals surface area contributed by atoms with E-state index in [-0.39, 0.29) is 11.8 Å². The van der Waals surface area contributed by atoms with Gasteiger partial charge in [0.25, 0.3) is 0 Å². The number of carbonyl (C=O) groups is 1. The molecular weight excluding hydrogens is 166 g/mol. The highest BCUT2D eigenvalue weighted by atomic mass is 16.5. The summed E-state index contributed by atoms with van der Waals surface area (Å²) in [4.78, 5) is 13.3. The first-order valence-electron chi connectivity index (χ1n) is 4.52. The predicted octanol–water partition coefficient (Wildman–Crippen LogP) is 1.30. The van der Waals surface area contributed by atoms with Gasteiger partial charge in [0, 0.05) is 26.1 Å². The van der Waals surface area contributed by atoms with Crippen LogP contribution in [0.5, 0.6) is 0 Å². The van der Waals surface area contributed by atoms with E-state index in [1.54, 1.807) is 18.1 Å². The van der Waals surface area contributed by atoms with Crippen LogP contribution in [0.25, 0.3) is 0 Å². The molecule has 3 nitrogen and oxygen atoms in total. The van der Waals surface area contributed by atoms with Crippen molar-refractivity contribution in [3.63, 3.8) is 0 Å². The second-order valence-corrected chi connectivity index (χ2v) is 3.22. The third-order valence-corrected chi connectivity index (χ3v) is 1.72. The van der Waals surface area contributed by atoms with Crippen LogP contribution in [0.2, 0.25) is 0 Å². The van der Waals surface area contributed by atoms with Gasteiger partial charge in [0.1, 0.15) is 0 Å². The summed E-state index contributed by atoms with van der Waals surface area (Å²) < 4.78 is 4.92. The Morgan fingerprint density at radius 2 is 2.23 bits per heavy atom.